The highest BCUT2D eigenvalue weighted by Gasteiger charge is 2.32. The lowest BCUT2D eigenvalue weighted by molar-refractivity contribution is -0.116. The van der Waals surface area contributed by atoms with E-state index < -0.39 is 27.3 Å². The number of hydrogen-bond donors (Lipinski definition) is 1. The van der Waals surface area contributed by atoms with Gasteiger partial charge in [-0.15, -0.1) is 0 Å². The lowest BCUT2D eigenvalue weighted by atomic mass is 10.1. The average molecular weight is 445 g/mol. The lowest BCUT2D eigenvalue weighted by Gasteiger charge is -2.21. The van der Waals surface area contributed by atoms with Gasteiger partial charge in [-0.1, -0.05) is 0 Å². The molecule has 138 valence electrons. The lowest BCUT2D eigenvalue weighted by Crippen LogP contribution is -2.33. The highest BCUT2D eigenvalue weighted by molar-refractivity contribution is 9.10. The van der Waals surface area contributed by atoms with Gasteiger partial charge in [0.25, 0.3) is 10.0 Å². The van der Waals surface area contributed by atoms with Crippen molar-refractivity contribution in [2.24, 2.45) is 0 Å². The third kappa shape index (κ3) is 3.33. The zero-order valence-corrected chi connectivity index (χ0v) is 16.3. The fraction of sp³-hybridized carbons (Fsp3) is 0.235. The fourth-order valence-corrected chi connectivity index (χ4v) is 5.25. The molecule has 0 spiro atoms. The molecule has 9 heteroatoms. The Labute approximate surface area is 158 Å². The summed E-state index contributed by atoms with van der Waals surface area (Å²) in [5, 5.41) is 0. The summed E-state index contributed by atoms with van der Waals surface area (Å²) < 4.78 is 54.9. The molecule has 1 amide bonds. The first-order valence-corrected chi connectivity index (χ1v) is 9.98. The second kappa shape index (κ2) is 6.62. The van der Waals surface area contributed by atoms with Crippen molar-refractivity contribution < 1.29 is 22.0 Å². The number of nitrogens with zero attached hydrogens (tertiary/aromatic N) is 1. The minimum Gasteiger partial charge on any atom is -0.309 e. The SMILES string of the molecule is CC(=O)N1c2cc(S(=O)(=O)Nc3cc(F)ccc3F)c(Br)cc2CC1C. The predicted molar refractivity (Wildman–Crippen MR) is 97.6 cm³/mol. The van der Waals surface area contributed by atoms with Gasteiger partial charge >= 0.3 is 0 Å². The van der Waals surface area contributed by atoms with Crippen molar-refractivity contribution in [2.45, 2.75) is 31.2 Å². The molecule has 1 aliphatic rings. The Hall–Kier alpha value is -2.00. The molecule has 3 rings (SSSR count). The van der Waals surface area contributed by atoms with Gasteiger partial charge in [-0.3, -0.25) is 9.52 Å². The Balaban J connectivity index is 2.06. The normalized spacial score (nSPS) is 16.5. The Morgan fingerprint density at radius 2 is 1.96 bits per heavy atom. The number of sulfonamides is 1. The summed E-state index contributed by atoms with van der Waals surface area (Å²) in [6.45, 7) is 3.27. The minimum atomic E-state index is -4.21. The van der Waals surface area contributed by atoms with Gasteiger partial charge in [0.2, 0.25) is 5.91 Å². The Morgan fingerprint density at radius 3 is 2.62 bits per heavy atom. The molecule has 0 aromatic heterocycles. The molecular weight excluding hydrogens is 430 g/mol. The van der Waals surface area contributed by atoms with Crippen LogP contribution in [0.4, 0.5) is 20.2 Å². The fourth-order valence-electron chi connectivity index (χ4n) is 3.08. The van der Waals surface area contributed by atoms with Crippen LogP contribution in [-0.2, 0) is 21.2 Å². The van der Waals surface area contributed by atoms with E-state index in [0.717, 1.165) is 23.8 Å². The maximum atomic E-state index is 13.8. The van der Waals surface area contributed by atoms with Crippen LogP contribution in [0, 0.1) is 11.6 Å². The first kappa shape index (κ1) is 18.8. The number of carbonyl (C=O) groups is 1. The molecule has 0 radical (unpaired) electrons. The van der Waals surface area contributed by atoms with Gasteiger partial charge in [0, 0.05) is 29.2 Å². The predicted octanol–water partition coefficient (Wildman–Crippen LogP) is 3.83. The zero-order valence-electron chi connectivity index (χ0n) is 13.9. The van der Waals surface area contributed by atoms with Gasteiger partial charge in [-0.2, -0.15) is 0 Å². The third-order valence-electron chi connectivity index (χ3n) is 4.15. The monoisotopic (exact) mass is 444 g/mol. The van der Waals surface area contributed by atoms with Crippen molar-refractivity contribution in [1.29, 1.82) is 0 Å². The van der Waals surface area contributed by atoms with Gasteiger partial charge in [0.15, 0.2) is 0 Å². The van der Waals surface area contributed by atoms with E-state index in [4.69, 9.17) is 0 Å². The van der Waals surface area contributed by atoms with Crippen LogP contribution in [0.25, 0.3) is 0 Å². The first-order valence-electron chi connectivity index (χ1n) is 7.70. The summed E-state index contributed by atoms with van der Waals surface area (Å²) in [5.74, 6) is -1.87. The maximum absolute atomic E-state index is 13.8. The topological polar surface area (TPSA) is 66.5 Å². The van der Waals surface area contributed by atoms with Crippen molar-refractivity contribution in [1.82, 2.24) is 0 Å². The number of fused-ring (bicyclic) bond motifs is 1. The number of nitrogens with one attached hydrogen (secondary N) is 1. The van der Waals surface area contributed by atoms with Crippen LogP contribution in [0.5, 0.6) is 0 Å². The number of benzene rings is 2. The molecule has 0 saturated heterocycles. The van der Waals surface area contributed by atoms with Gasteiger partial charge in [-0.05, 0) is 59.1 Å². The second-order valence-corrected chi connectivity index (χ2v) is 8.59. The van der Waals surface area contributed by atoms with E-state index in [1.54, 1.807) is 6.07 Å². The van der Waals surface area contributed by atoms with E-state index in [2.05, 4.69) is 20.7 Å². The summed E-state index contributed by atoms with van der Waals surface area (Å²) in [4.78, 5) is 13.2. The van der Waals surface area contributed by atoms with Crippen LogP contribution in [0.2, 0.25) is 0 Å². The summed E-state index contributed by atoms with van der Waals surface area (Å²) in [7, 11) is -4.21. The molecule has 1 heterocycles. The van der Waals surface area contributed by atoms with Crippen LogP contribution < -0.4 is 9.62 Å². The third-order valence-corrected chi connectivity index (χ3v) is 6.47. The molecule has 1 aliphatic heterocycles. The van der Waals surface area contributed by atoms with Crippen molar-refractivity contribution in [3.63, 3.8) is 0 Å². The van der Waals surface area contributed by atoms with Crippen LogP contribution in [0.3, 0.4) is 0 Å². The first-order chi connectivity index (χ1) is 12.1. The van der Waals surface area contributed by atoms with Gasteiger partial charge < -0.3 is 4.90 Å². The van der Waals surface area contributed by atoms with Gasteiger partial charge in [0.1, 0.15) is 16.5 Å². The minimum absolute atomic E-state index is 0.0963. The summed E-state index contributed by atoms with van der Waals surface area (Å²) in [6, 6.07) is 5.39. The van der Waals surface area contributed by atoms with E-state index in [1.807, 2.05) is 6.92 Å². The van der Waals surface area contributed by atoms with Crippen LogP contribution in [0.15, 0.2) is 39.7 Å². The number of anilines is 2. The van der Waals surface area contributed by atoms with Crippen molar-refractivity contribution in [3.05, 3.63) is 52.0 Å². The number of rotatable bonds is 3. The van der Waals surface area contributed by atoms with Gasteiger partial charge in [0.05, 0.1) is 5.69 Å². The highest BCUT2D eigenvalue weighted by atomic mass is 79.9. The highest BCUT2D eigenvalue weighted by Crippen LogP contribution is 2.38. The molecule has 1 N–H and O–H groups in total. The Kier molecular flexibility index (Phi) is 4.78. The molecule has 0 fully saturated rings. The van der Waals surface area contributed by atoms with Crippen LogP contribution >= 0.6 is 15.9 Å². The van der Waals surface area contributed by atoms with Gasteiger partial charge in [-0.25, -0.2) is 17.2 Å². The van der Waals surface area contributed by atoms with E-state index in [1.165, 1.54) is 17.9 Å². The molecule has 1 unspecified atom stereocenters. The summed E-state index contributed by atoms with van der Waals surface area (Å²) >= 11 is 3.22. The van der Waals surface area contributed by atoms with E-state index in [-0.39, 0.29) is 21.3 Å². The van der Waals surface area contributed by atoms with Crippen LogP contribution in [0.1, 0.15) is 19.4 Å². The summed E-state index contributed by atoms with van der Waals surface area (Å²) in [6.07, 6.45) is 0.597. The van der Waals surface area contributed by atoms with Crippen LogP contribution in [-0.4, -0.2) is 20.4 Å². The molecule has 0 aliphatic carbocycles. The quantitative estimate of drug-likeness (QED) is 0.781. The molecular formula is C17H15BrF2N2O3S. The average Bonchev–Trinajstić information content (AvgIpc) is 2.84. The largest absolute Gasteiger partial charge is 0.309 e. The summed E-state index contributed by atoms with van der Waals surface area (Å²) in [5.41, 5.74) is 0.831. The zero-order chi connectivity index (χ0) is 19.2. The molecule has 0 saturated carbocycles. The maximum Gasteiger partial charge on any atom is 0.263 e. The van der Waals surface area contributed by atoms with Crippen molar-refractivity contribution >= 4 is 43.2 Å². The van der Waals surface area contributed by atoms with E-state index in [0.29, 0.717) is 12.1 Å². The van der Waals surface area contributed by atoms with Crippen molar-refractivity contribution in [3.8, 4) is 0 Å². The number of carbonyl (C=O) groups excluding carboxylic acids is 1. The molecule has 2 aromatic rings. The number of hydrogen-bond acceptors (Lipinski definition) is 3. The molecule has 1 atom stereocenters. The van der Waals surface area contributed by atoms with E-state index >= 15 is 0 Å². The number of halogens is 3. The molecule has 2 aromatic carbocycles. The molecule has 26 heavy (non-hydrogen) atoms. The molecule has 0 bridgehead atoms. The Bertz CT molecular complexity index is 1010. The standard InChI is InChI=1S/C17H15BrF2N2O3S/c1-9-5-11-6-13(18)17(8-16(11)22(9)10(2)23)26(24,25)21-15-7-12(19)3-4-14(15)20/h3-4,6-9,21H,5H2,1-2H3. The smallest absolute Gasteiger partial charge is 0.263 e. The second-order valence-electron chi connectivity index (χ2n) is 6.08. The van der Waals surface area contributed by atoms with Crippen molar-refractivity contribution in [2.75, 3.05) is 9.62 Å². The van der Waals surface area contributed by atoms with E-state index in [9.17, 15) is 22.0 Å². The Morgan fingerprint density at radius 1 is 1.27 bits per heavy atom. The molecule has 5 nitrogen and oxygen atoms in total. The number of amides is 1.